The van der Waals surface area contributed by atoms with Crippen molar-refractivity contribution in [2.45, 2.75) is 64.5 Å². The Hall–Kier alpha value is -1.00. The van der Waals surface area contributed by atoms with E-state index in [-0.39, 0.29) is 0 Å². The van der Waals surface area contributed by atoms with Gasteiger partial charge in [-0.05, 0) is 57.0 Å². The minimum atomic E-state index is 0.713. The average molecular weight is 316 g/mol. The van der Waals surface area contributed by atoms with E-state index in [9.17, 15) is 0 Å². The molecule has 2 aliphatic rings. The van der Waals surface area contributed by atoms with Crippen LogP contribution in [-0.4, -0.2) is 40.5 Å². The van der Waals surface area contributed by atoms with E-state index >= 15 is 0 Å². The summed E-state index contributed by atoms with van der Waals surface area (Å²) in [5.41, 5.74) is 1.26. The van der Waals surface area contributed by atoms with Gasteiger partial charge in [0.25, 0.3) is 0 Å². The predicted octanol–water partition coefficient (Wildman–Crippen LogP) is 3.25. The lowest BCUT2D eigenvalue weighted by molar-refractivity contribution is 0.123. The van der Waals surface area contributed by atoms with Crippen LogP contribution in [0.15, 0.2) is 18.7 Å². The first-order valence-corrected chi connectivity index (χ1v) is 9.50. The maximum Gasteiger partial charge on any atom is 0.115 e. The Morgan fingerprint density at radius 1 is 1.04 bits per heavy atom. The molecule has 1 N–H and O–H groups in total. The Morgan fingerprint density at radius 2 is 1.83 bits per heavy atom. The van der Waals surface area contributed by atoms with Crippen LogP contribution < -0.4 is 5.32 Å². The molecule has 2 fully saturated rings. The zero-order valence-corrected chi connectivity index (χ0v) is 14.6. The highest BCUT2D eigenvalue weighted by atomic mass is 15.2. The maximum atomic E-state index is 4.21. The second kappa shape index (κ2) is 8.74. The highest BCUT2D eigenvalue weighted by Gasteiger charge is 2.25. The number of rotatable bonds is 5. The molecule has 128 valence electrons. The van der Waals surface area contributed by atoms with Crippen LogP contribution in [0, 0.1) is 11.8 Å². The molecule has 1 aliphatic heterocycles. The monoisotopic (exact) mass is 316 g/mol. The van der Waals surface area contributed by atoms with Gasteiger partial charge in [0.1, 0.15) is 6.33 Å². The third-order valence-corrected chi connectivity index (χ3v) is 5.69. The van der Waals surface area contributed by atoms with Gasteiger partial charge in [0, 0.05) is 37.1 Å². The third kappa shape index (κ3) is 5.25. The van der Waals surface area contributed by atoms with E-state index in [0.717, 1.165) is 24.9 Å². The highest BCUT2D eigenvalue weighted by molar-refractivity contribution is 5.02. The quantitative estimate of drug-likeness (QED) is 0.905. The summed E-state index contributed by atoms with van der Waals surface area (Å²) >= 11 is 0. The smallest absolute Gasteiger partial charge is 0.115 e. The number of nitrogens with one attached hydrogen (secondary N) is 1. The fourth-order valence-electron chi connectivity index (χ4n) is 4.20. The van der Waals surface area contributed by atoms with Gasteiger partial charge in [-0.1, -0.05) is 19.8 Å². The molecule has 3 rings (SSSR count). The van der Waals surface area contributed by atoms with Crippen molar-refractivity contribution in [3.05, 3.63) is 24.3 Å². The van der Waals surface area contributed by atoms with Crippen LogP contribution in [0.5, 0.6) is 0 Å². The minimum Gasteiger partial charge on any atom is -0.317 e. The fraction of sp³-hybridized carbons (Fsp3) is 0.789. The average Bonchev–Trinajstić information content (AvgIpc) is 2.86. The fourth-order valence-corrected chi connectivity index (χ4v) is 4.20. The van der Waals surface area contributed by atoms with Gasteiger partial charge < -0.3 is 5.32 Å². The number of nitrogens with zero attached hydrogens (tertiary/aromatic N) is 3. The molecular weight excluding hydrogens is 284 g/mol. The third-order valence-electron chi connectivity index (χ3n) is 5.69. The van der Waals surface area contributed by atoms with Crippen LogP contribution >= 0.6 is 0 Å². The molecule has 0 amide bonds. The SMILES string of the molecule is CC1CCC(CN(Cc2cncnc2)[C@@H]2CCCNCC2)CC1. The van der Waals surface area contributed by atoms with Gasteiger partial charge in [-0.3, -0.25) is 4.90 Å². The maximum absolute atomic E-state index is 4.21. The Kier molecular flexibility index (Phi) is 6.40. The molecule has 4 nitrogen and oxygen atoms in total. The summed E-state index contributed by atoms with van der Waals surface area (Å²) in [7, 11) is 0. The van der Waals surface area contributed by atoms with Crippen LogP contribution in [0.4, 0.5) is 0 Å². The first kappa shape index (κ1) is 16.8. The van der Waals surface area contributed by atoms with Crippen LogP contribution in [-0.2, 0) is 6.54 Å². The van der Waals surface area contributed by atoms with Gasteiger partial charge in [-0.15, -0.1) is 0 Å². The Labute approximate surface area is 141 Å². The molecular formula is C19H32N4. The first-order valence-electron chi connectivity index (χ1n) is 9.50. The van der Waals surface area contributed by atoms with Crippen molar-refractivity contribution >= 4 is 0 Å². The lowest BCUT2D eigenvalue weighted by atomic mass is 9.82. The molecule has 1 aromatic rings. The van der Waals surface area contributed by atoms with E-state index in [4.69, 9.17) is 0 Å². The van der Waals surface area contributed by atoms with Gasteiger partial charge in [0.15, 0.2) is 0 Å². The second-order valence-electron chi connectivity index (χ2n) is 7.64. The van der Waals surface area contributed by atoms with Crippen molar-refractivity contribution in [1.29, 1.82) is 0 Å². The van der Waals surface area contributed by atoms with Gasteiger partial charge in [0.05, 0.1) is 0 Å². The van der Waals surface area contributed by atoms with Crippen LogP contribution in [0.25, 0.3) is 0 Å². The van der Waals surface area contributed by atoms with E-state index < -0.39 is 0 Å². The number of aromatic nitrogens is 2. The molecule has 0 aromatic carbocycles. The van der Waals surface area contributed by atoms with E-state index in [1.54, 1.807) is 6.33 Å². The van der Waals surface area contributed by atoms with Crippen molar-refractivity contribution in [2.24, 2.45) is 11.8 Å². The van der Waals surface area contributed by atoms with Crippen molar-refractivity contribution in [3.8, 4) is 0 Å². The van der Waals surface area contributed by atoms with Crippen LogP contribution in [0.1, 0.15) is 57.4 Å². The van der Waals surface area contributed by atoms with E-state index in [2.05, 4.69) is 27.1 Å². The van der Waals surface area contributed by atoms with Crippen molar-refractivity contribution in [1.82, 2.24) is 20.2 Å². The zero-order chi connectivity index (χ0) is 15.9. The van der Waals surface area contributed by atoms with Crippen molar-refractivity contribution in [3.63, 3.8) is 0 Å². The lowest BCUT2D eigenvalue weighted by Gasteiger charge is -2.36. The molecule has 4 heteroatoms. The number of hydrogen-bond donors (Lipinski definition) is 1. The largest absolute Gasteiger partial charge is 0.317 e. The minimum absolute atomic E-state index is 0.713. The first-order chi connectivity index (χ1) is 11.3. The van der Waals surface area contributed by atoms with Crippen LogP contribution in [0.2, 0.25) is 0 Å². The van der Waals surface area contributed by atoms with Crippen molar-refractivity contribution < 1.29 is 0 Å². The highest BCUT2D eigenvalue weighted by Crippen LogP contribution is 2.30. The molecule has 1 saturated heterocycles. The van der Waals surface area contributed by atoms with Crippen LogP contribution in [0.3, 0.4) is 0 Å². The number of hydrogen-bond acceptors (Lipinski definition) is 4. The molecule has 2 heterocycles. The van der Waals surface area contributed by atoms with Gasteiger partial charge >= 0.3 is 0 Å². The molecule has 1 aliphatic carbocycles. The summed E-state index contributed by atoms with van der Waals surface area (Å²) in [6.07, 6.45) is 15.1. The summed E-state index contributed by atoms with van der Waals surface area (Å²) in [6.45, 7) is 7.02. The second-order valence-corrected chi connectivity index (χ2v) is 7.64. The standard InChI is InChI=1S/C19H32N4/c1-16-4-6-17(7-5-16)13-23(14-18-11-21-15-22-12-18)19-3-2-9-20-10-8-19/h11-12,15-17,19-20H,2-10,13-14H2,1H3/t16?,17?,19-/m1/s1. The Bertz CT molecular complexity index is 434. The molecule has 1 aromatic heterocycles. The van der Waals surface area contributed by atoms with Gasteiger partial charge in [-0.25, -0.2) is 9.97 Å². The molecule has 23 heavy (non-hydrogen) atoms. The summed E-state index contributed by atoms with van der Waals surface area (Å²) < 4.78 is 0. The Morgan fingerprint density at radius 3 is 2.61 bits per heavy atom. The van der Waals surface area contributed by atoms with E-state index in [1.165, 1.54) is 63.6 Å². The normalized spacial score (nSPS) is 29.4. The zero-order valence-electron chi connectivity index (χ0n) is 14.6. The summed E-state index contributed by atoms with van der Waals surface area (Å²) in [5, 5.41) is 3.55. The molecule has 0 bridgehead atoms. The molecule has 1 atom stereocenters. The molecule has 0 unspecified atom stereocenters. The van der Waals surface area contributed by atoms with E-state index in [0.29, 0.717) is 6.04 Å². The van der Waals surface area contributed by atoms with Gasteiger partial charge in [-0.2, -0.15) is 0 Å². The summed E-state index contributed by atoms with van der Waals surface area (Å²) in [4.78, 5) is 11.2. The Balaban J connectivity index is 1.64. The predicted molar refractivity (Wildman–Crippen MR) is 94.1 cm³/mol. The van der Waals surface area contributed by atoms with Crippen molar-refractivity contribution in [2.75, 3.05) is 19.6 Å². The summed E-state index contributed by atoms with van der Waals surface area (Å²) in [5.74, 6) is 1.82. The van der Waals surface area contributed by atoms with Gasteiger partial charge in [0.2, 0.25) is 0 Å². The molecule has 1 saturated carbocycles. The summed E-state index contributed by atoms with van der Waals surface area (Å²) in [6, 6.07) is 0.713. The molecule has 0 radical (unpaired) electrons. The molecule has 0 spiro atoms. The topological polar surface area (TPSA) is 41.1 Å². The van der Waals surface area contributed by atoms with E-state index in [1.807, 2.05) is 12.4 Å². The lowest BCUT2D eigenvalue weighted by Crippen LogP contribution is -2.39.